The lowest BCUT2D eigenvalue weighted by Gasteiger charge is -2.29. The van der Waals surface area contributed by atoms with E-state index in [0.717, 1.165) is 22.5 Å². The van der Waals surface area contributed by atoms with Gasteiger partial charge in [0.25, 0.3) is 11.8 Å². The lowest BCUT2D eigenvalue weighted by Crippen LogP contribution is -2.44. The fourth-order valence-electron chi connectivity index (χ4n) is 6.23. The minimum Gasteiger partial charge on any atom is -0.366 e. The summed E-state index contributed by atoms with van der Waals surface area (Å²) in [5.74, 6) is -2.88. The molecule has 0 fully saturated rings. The zero-order valence-corrected chi connectivity index (χ0v) is 25.0. The molecule has 0 radical (unpaired) electrons. The van der Waals surface area contributed by atoms with Crippen LogP contribution in [0.2, 0.25) is 0 Å². The number of nitrogens with zero attached hydrogens (tertiary/aromatic N) is 2. The number of hydrogen-bond donors (Lipinski definition) is 2. The number of amides is 2. The zero-order valence-electron chi connectivity index (χ0n) is 25.0. The molecule has 0 saturated heterocycles. The van der Waals surface area contributed by atoms with E-state index in [4.69, 9.17) is 10.7 Å². The zero-order chi connectivity index (χ0) is 31.8. The van der Waals surface area contributed by atoms with Crippen molar-refractivity contribution < 1.29 is 22.8 Å². The third kappa shape index (κ3) is 6.20. The van der Waals surface area contributed by atoms with Gasteiger partial charge in [-0.05, 0) is 84.3 Å². The van der Waals surface area contributed by atoms with Crippen molar-refractivity contribution in [2.75, 3.05) is 0 Å². The van der Waals surface area contributed by atoms with E-state index in [2.05, 4.69) is 5.32 Å². The summed E-state index contributed by atoms with van der Waals surface area (Å²) in [4.78, 5) is 31.7. The predicted octanol–water partition coefficient (Wildman–Crippen LogP) is 6.56. The van der Waals surface area contributed by atoms with Crippen LogP contribution in [-0.4, -0.2) is 27.4 Å². The maximum absolute atomic E-state index is 13.8. The van der Waals surface area contributed by atoms with E-state index >= 15 is 0 Å². The highest BCUT2D eigenvalue weighted by atomic mass is 19.2. The Morgan fingerprint density at radius 2 is 1.73 bits per heavy atom. The van der Waals surface area contributed by atoms with E-state index < -0.39 is 17.5 Å². The molecule has 1 unspecified atom stereocenters. The molecule has 2 aromatic heterocycles. The van der Waals surface area contributed by atoms with Gasteiger partial charge in [0.1, 0.15) is 5.82 Å². The minimum atomic E-state index is -0.875. The number of rotatable bonds is 9. The van der Waals surface area contributed by atoms with Crippen molar-refractivity contribution in [3.05, 3.63) is 124 Å². The van der Waals surface area contributed by atoms with Crippen LogP contribution < -0.4 is 11.1 Å². The van der Waals surface area contributed by atoms with Gasteiger partial charge in [0.15, 0.2) is 11.6 Å². The second-order valence-corrected chi connectivity index (χ2v) is 12.1. The van der Waals surface area contributed by atoms with Gasteiger partial charge >= 0.3 is 0 Å². The molecule has 1 aliphatic rings. The summed E-state index contributed by atoms with van der Waals surface area (Å²) in [5.41, 5.74) is 11.4. The van der Waals surface area contributed by atoms with E-state index in [1.54, 1.807) is 18.2 Å². The summed E-state index contributed by atoms with van der Waals surface area (Å²) in [5, 5.41) is 3.96. The highest BCUT2D eigenvalue weighted by molar-refractivity contribution is 6.11. The molecule has 0 aliphatic carbocycles. The molecule has 2 amide bonds. The molecule has 1 aliphatic heterocycles. The van der Waals surface area contributed by atoms with E-state index in [1.807, 2.05) is 48.9 Å². The fraction of sp³-hybridized carbons (Fsp3) is 0.250. The van der Waals surface area contributed by atoms with Crippen LogP contribution in [0.5, 0.6) is 0 Å². The van der Waals surface area contributed by atoms with Crippen LogP contribution in [0.3, 0.4) is 0 Å². The Bertz CT molecular complexity index is 1930. The Labute approximate surface area is 259 Å². The van der Waals surface area contributed by atoms with Gasteiger partial charge in [-0.1, -0.05) is 38.1 Å². The van der Waals surface area contributed by atoms with Crippen LogP contribution in [0, 0.1) is 23.4 Å². The second kappa shape index (κ2) is 12.2. The number of hydrogen-bond acceptors (Lipinski definition) is 3. The molecular formula is C36H33F3N4O2. The summed E-state index contributed by atoms with van der Waals surface area (Å²) in [7, 11) is 0. The molecule has 9 heteroatoms. The standard InChI is InChI=1S/C36H33F3N4O2/c1-20(2)15-29-33(35(40)44)32(34-30(42-29)19-26(41-36(34)45)16-21-3-7-25(37)8-4-21)24-6-10-31-23(18-24)12-14-43(31)13-11-22-5-9-27(38)28(39)17-22/h3-10,12,14,17-18,20,26H,11,13,15-16,19H2,1-2H3,(H2,40,44)(H,41,45). The number of aromatic nitrogens is 2. The number of nitrogens with two attached hydrogens (primary N) is 1. The molecule has 0 bridgehead atoms. The maximum atomic E-state index is 13.8. The first kappa shape index (κ1) is 30.1. The Morgan fingerprint density at radius 1 is 0.978 bits per heavy atom. The average molecular weight is 611 g/mol. The number of benzene rings is 3. The van der Waals surface area contributed by atoms with E-state index in [1.165, 1.54) is 18.2 Å². The second-order valence-electron chi connectivity index (χ2n) is 12.1. The van der Waals surface area contributed by atoms with Gasteiger partial charge in [0, 0.05) is 41.7 Å². The smallest absolute Gasteiger partial charge is 0.254 e. The van der Waals surface area contributed by atoms with Crippen molar-refractivity contribution in [2.24, 2.45) is 11.7 Å². The van der Waals surface area contributed by atoms with Crippen LogP contribution in [0.4, 0.5) is 13.2 Å². The van der Waals surface area contributed by atoms with Gasteiger partial charge in [0.2, 0.25) is 0 Å². The van der Waals surface area contributed by atoms with Gasteiger partial charge in [-0.2, -0.15) is 0 Å². The van der Waals surface area contributed by atoms with Crippen LogP contribution in [0.1, 0.15) is 57.1 Å². The maximum Gasteiger partial charge on any atom is 0.254 e. The molecular weight excluding hydrogens is 577 g/mol. The van der Waals surface area contributed by atoms with E-state index in [-0.39, 0.29) is 29.2 Å². The molecule has 6 nitrogen and oxygen atoms in total. The molecule has 0 spiro atoms. The number of fused-ring (bicyclic) bond motifs is 2. The Hall–Kier alpha value is -4.92. The van der Waals surface area contributed by atoms with Crippen molar-refractivity contribution >= 4 is 22.7 Å². The van der Waals surface area contributed by atoms with Gasteiger partial charge < -0.3 is 15.6 Å². The first-order chi connectivity index (χ1) is 21.6. The molecule has 0 saturated carbocycles. The molecule has 45 heavy (non-hydrogen) atoms. The molecule has 230 valence electrons. The van der Waals surface area contributed by atoms with Crippen molar-refractivity contribution in [3.63, 3.8) is 0 Å². The van der Waals surface area contributed by atoms with Crippen molar-refractivity contribution in [1.82, 2.24) is 14.9 Å². The summed E-state index contributed by atoms with van der Waals surface area (Å²) in [6.07, 6.45) is 3.87. The Kier molecular flexibility index (Phi) is 8.18. The quantitative estimate of drug-likeness (QED) is 0.198. The van der Waals surface area contributed by atoms with Gasteiger partial charge in [-0.3, -0.25) is 14.6 Å². The van der Waals surface area contributed by atoms with Gasteiger partial charge in [0.05, 0.1) is 22.5 Å². The Balaban J connectivity index is 1.39. The minimum absolute atomic E-state index is 0.181. The first-order valence-electron chi connectivity index (χ1n) is 15.0. The summed E-state index contributed by atoms with van der Waals surface area (Å²) in [6, 6.07) is 17.5. The third-order valence-electron chi connectivity index (χ3n) is 8.28. The first-order valence-corrected chi connectivity index (χ1v) is 15.0. The van der Waals surface area contributed by atoms with E-state index in [9.17, 15) is 22.8 Å². The van der Waals surface area contributed by atoms with Gasteiger partial charge in [-0.15, -0.1) is 0 Å². The van der Waals surface area contributed by atoms with Crippen molar-refractivity contribution in [3.8, 4) is 11.1 Å². The average Bonchev–Trinajstić information content (AvgIpc) is 3.40. The van der Waals surface area contributed by atoms with Crippen molar-refractivity contribution in [2.45, 2.75) is 52.1 Å². The van der Waals surface area contributed by atoms with Crippen LogP contribution in [-0.2, 0) is 32.2 Å². The lowest BCUT2D eigenvalue weighted by atomic mass is 9.85. The molecule has 3 heterocycles. The van der Waals surface area contributed by atoms with Crippen LogP contribution in [0.15, 0.2) is 72.9 Å². The molecule has 1 atom stereocenters. The highest BCUT2D eigenvalue weighted by Gasteiger charge is 2.33. The van der Waals surface area contributed by atoms with Crippen LogP contribution >= 0.6 is 0 Å². The predicted molar refractivity (Wildman–Crippen MR) is 167 cm³/mol. The van der Waals surface area contributed by atoms with Crippen LogP contribution in [0.25, 0.3) is 22.0 Å². The Morgan fingerprint density at radius 3 is 2.44 bits per heavy atom. The molecule has 3 N–H and O–H groups in total. The van der Waals surface area contributed by atoms with Crippen molar-refractivity contribution in [1.29, 1.82) is 0 Å². The third-order valence-corrected chi connectivity index (χ3v) is 8.28. The molecule has 5 aromatic rings. The normalized spacial score (nSPS) is 14.5. The highest BCUT2D eigenvalue weighted by Crippen LogP contribution is 2.36. The number of halogens is 3. The monoisotopic (exact) mass is 610 g/mol. The molecule has 3 aromatic carbocycles. The summed E-state index contributed by atoms with van der Waals surface area (Å²) in [6.45, 7) is 4.61. The number of nitrogens with one attached hydrogen (secondary N) is 1. The SMILES string of the molecule is CC(C)Cc1nc2c(c(-c3ccc4c(ccn4CCc4ccc(F)c(F)c4)c3)c1C(N)=O)C(=O)NC(Cc1ccc(F)cc1)C2. The lowest BCUT2D eigenvalue weighted by molar-refractivity contribution is 0.0924. The molecule has 6 rings (SSSR count). The topological polar surface area (TPSA) is 90.0 Å². The number of pyridine rings is 1. The number of carbonyl (C=O) groups excluding carboxylic acids is 2. The van der Waals surface area contributed by atoms with Gasteiger partial charge in [-0.25, -0.2) is 13.2 Å². The van der Waals surface area contributed by atoms with E-state index in [0.29, 0.717) is 65.9 Å². The fourth-order valence-corrected chi connectivity index (χ4v) is 6.23. The summed E-state index contributed by atoms with van der Waals surface area (Å²) < 4.78 is 42.6. The number of primary amides is 1. The largest absolute Gasteiger partial charge is 0.366 e. The summed E-state index contributed by atoms with van der Waals surface area (Å²) >= 11 is 0. The number of carbonyl (C=O) groups is 2. The number of aryl methyl sites for hydroxylation is 2.